The van der Waals surface area contributed by atoms with Crippen LogP contribution in [0.3, 0.4) is 0 Å². The second kappa shape index (κ2) is 5.92. The summed E-state index contributed by atoms with van der Waals surface area (Å²) < 4.78 is 23.0. The molecule has 4 nitrogen and oxygen atoms in total. The number of benzene rings is 1. The molecule has 0 aromatic heterocycles. The van der Waals surface area contributed by atoms with Crippen molar-refractivity contribution in [1.29, 1.82) is 0 Å². The van der Waals surface area contributed by atoms with Crippen molar-refractivity contribution < 1.29 is 13.2 Å². The topological polar surface area (TPSA) is 63.2 Å². The third-order valence-electron chi connectivity index (χ3n) is 3.61. The number of halogens is 2. The molecule has 0 radical (unpaired) electrons. The first kappa shape index (κ1) is 15.6. The standard InChI is InChI=1S/C13H15Cl2NO3S/c1-8-11(13(17)16-7-9-3-2-4-9)5-10(14)6-12(8)20(15,18)19/h5-6,9H,2-4,7H2,1H3,(H,16,17). The summed E-state index contributed by atoms with van der Waals surface area (Å²) in [6.07, 6.45) is 3.44. The van der Waals surface area contributed by atoms with Gasteiger partial charge in [0.1, 0.15) is 0 Å². The molecule has 0 spiro atoms. The van der Waals surface area contributed by atoms with Gasteiger partial charge in [-0.3, -0.25) is 4.79 Å². The molecule has 0 unspecified atom stereocenters. The van der Waals surface area contributed by atoms with Gasteiger partial charge in [0, 0.05) is 27.8 Å². The summed E-state index contributed by atoms with van der Waals surface area (Å²) in [5, 5.41) is 2.98. The van der Waals surface area contributed by atoms with Gasteiger partial charge in [0.15, 0.2) is 0 Å². The van der Waals surface area contributed by atoms with Crippen LogP contribution in [-0.4, -0.2) is 20.9 Å². The van der Waals surface area contributed by atoms with E-state index in [1.165, 1.54) is 18.6 Å². The Morgan fingerprint density at radius 2 is 2.05 bits per heavy atom. The quantitative estimate of drug-likeness (QED) is 0.860. The first-order valence-corrected chi connectivity index (χ1v) is 9.01. The second-order valence-electron chi connectivity index (χ2n) is 5.02. The van der Waals surface area contributed by atoms with E-state index in [-0.39, 0.29) is 21.4 Å². The smallest absolute Gasteiger partial charge is 0.261 e. The van der Waals surface area contributed by atoms with Crippen molar-refractivity contribution in [3.05, 3.63) is 28.3 Å². The minimum Gasteiger partial charge on any atom is -0.352 e. The molecule has 20 heavy (non-hydrogen) atoms. The summed E-state index contributed by atoms with van der Waals surface area (Å²) >= 11 is 5.87. The number of nitrogens with one attached hydrogen (secondary N) is 1. The zero-order chi connectivity index (χ0) is 14.9. The van der Waals surface area contributed by atoms with Crippen LogP contribution in [0, 0.1) is 12.8 Å². The lowest BCUT2D eigenvalue weighted by molar-refractivity contribution is 0.0938. The Hall–Kier alpha value is -0.780. The van der Waals surface area contributed by atoms with Gasteiger partial charge in [-0.15, -0.1) is 0 Å². The Labute approximate surface area is 127 Å². The molecule has 1 amide bonds. The van der Waals surface area contributed by atoms with Crippen LogP contribution >= 0.6 is 22.3 Å². The van der Waals surface area contributed by atoms with Crippen LogP contribution in [0.2, 0.25) is 5.02 Å². The average molecular weight is 336 g/mol. The molecule has 0 bridgehead atoms. The molecule has 1 N–H and O–H groups in total. The minimum absolute atomic E-state index is 0.125. The Bertz CT molecular complexity index is 639. The van der Waals surface area contributed by atoms with Gasteiger partial charge in [-0.2, -0.15) is 0 Å². The fraction of sp³-hybridized carbons (Fsp3) is 0.462. The Balaban J connectivity index is 2.26. The lowest BCUT2D eigenvalue weighted by Crippen LogP contribution is -2.32. The molecular formula is C13H15Cl2NO3S. The lowest BCUT2D eigenvalue weighted by Gasteiger charge is -2.25. The van der Waals surface area contributed by atoms with Gasteiger partial charge >= 0.3 is 0 Å². The SMILES string of the molecule is Cc1c(C(=O)NCC2CCC2)cc(Cl)cc1S(=O)(=O)Cl. The normalized spacial score (nSPS) is 15.8. The van der Waals surface area contributed by atoms with Crippen LogP contribution in [0.25, 0.3) is 0 Å². The van der Waals surface area contributed by atoms with Gasteiger partial charge in [-0.05, 0) is 43.4 Å². The molecule has 0 aliphatic heterocycles. The molecule has 1 saturated carbocycles. The summed E-state index contributed by atoms with van der Waals surface area (Å²) in [6.45, 7) is 2.15. The van der Waals surface area contributed by atoms with Gasteiger partial charge in [-0.1, -0.05) is 18.0 Å². The van der Waals surface area contributed by atoms with Crippen LogP contribution < -0.4 is 5.32 Å². The van der Waals surface area contributed by atoms with E-state index in [4.69, 9.17) is 22.3 Å². The van der Waals surface area contributed by atoms with Crippen LogP contribution in [0.5, 0.6) is 0 Å². The first-order chi connectivity index (χ1) is 9.29. The maximum Gasteiger partial charge on any atom is 0.261 e. The highest BCUT2D eigenvalue weighted by Crippen LogP contribution is 2.28. The van der Waals surface area contributed by atoms with Gasteiger partial charge in [0.2, 0.25) is 0 Å². The molecule has 0 atom stereocenters. The van der Waals surface area contributed by atoms with Crippen LogP contribution in [0.4, 0.5) is 0 Å². The molecule has 1 fully saturated rings. The van der Waals surface area contributed by atoms with Crippen molar-refractivity contribution in [3.63, 3.8) is 0 Å². The molecule has 1 aliphatic rings. The lowest BCUT2D eigenvalue weighted by atomic mass is 9.85. The van der Waals surface area contributed by atoms with E-state index in [2.05, 4.69) is 5.32 Å². The van der Waals surface area contributed by atoms with Crippen molar-refractivity contribution in [2.24, 2.45) is 5.92 Å². The maximum absolute atomic E-state index is 12.1. The number of rotatable bonds is 4. The fourth-order valence-electron chi connectivity index (χ4n) is 2.17. The summed E-state index contributed by atoms with van der Waals surface area (Å²) in [4.78, 5) is 12.0. The molecule has 7 heteroatoms. The fourth-order valence-corrected chi connectivity index (χ4v) is 3.68. The van der Waals surface area contributed by atoms with Crippen LogP contribution in [0.1, 0.15) is 35.2 Å². The first-order valence-electron chi connectivity index (χ1n) is 6.32. The number of hydrogen-bond donors (Lipinski definition) is 1. The Morgan fingerprint density at radius 1 is 1.40 bits per heavy atom. The molecule has 1 aromatic carbocycles. The van der Waals surface area contributed by atoms with Crippen molar-refractivity contribution in [3.8, 4) is 0 Å². The van der Waals surface area contributed by atoms with Gasteiger partial charge < -0.3 is 5.32 Å². The average Bonchev–Trinajstić information content (AvgIpc) is 2.28. The Morgan fingerprint density at radius 3 is 2.55 bits per heavy atom. The van der Waals surface area contributed by atoms with Crippen molar-refractivity contribution in [1.82, 2.24) is 5.32 Å². The number of amides is 1. The predicted molar refractivity (Wildman–Crippen MR) is 78.9 cm³/mol. The zero-order valence-corrected chi connectivity index (χ0v) is 13.3. The van der Waals surface area contributed by atoms with E-state index in [9.17, 15) is 13.2 Å². The van der Waals surface area contributed by atoms with Crippen LogP contribution in [0.15, 0.2) is 17.0 Å². The van der Waals surface area contributed by atoms with E-state index >= 15 is 0 Å². The minimum atomic E-state index is -3.93. The molecule has 1 aromatic rings. The maximum atomic E-state index is 12.1. The third kappa shape index (κ3) is 3.45. The molecule has 0 saturated heterocycles. The summed E-state index contributed by atoms with van der Waals surface area (Å²) in [5.41, 5.74) is 0.562. The monoisotopic (exact) mass is 335 g/mol. The second-order valence-corrected chi connectivity index (χ2v) is 7.99. The number of carbonyl (C=O) groups excluding carboxylic acids is 1. The van der Waals surface area contributed by atoms with E-state index in [1.807, 2.05) is 0 Å². The largest absolute Gasteiger partial charge is 0.352 e. The molecular weight excluding hydrogens is 321 g/mol. The molecule has 2 rings (SSSR count). The molecule has 110 valence electrons. The predicted octanol–water partition coefficient (Wildman–Crippen LogP) is 3.11. The molecule has 1 aliphatic carbocycles. The molecule has 0 heterocycles. The van der Waals surface area contributed by atoms with Crippen molar-refractivity contribution in [2.75, 3.05) is 6.54 Å². The third-order valence-corrected chi connectivity index (χ3v) is 5.27. The number of hydrogen-bond acceptors (Lipinski definition) is 3. The zero-order valence-electron chi connectivity index (χ0n) is 10.9. The van der Waals surface area contributed by atoms with Crippen molar-refractivity contribution >= 4 is 37.2 Å². The van der Waals surface area contributed by atoms with Crippen LogP contribution in [-0.2, 0) is 9.05 Å². The van der Waals surface area contributed by atoms with Crippen molar-refractivity contribution in [2.45, 2.75) is 31.1 Å². The van der Waals surface area contributed by atoms with Gasteiger partial charge in [0.25, 0.3) is 15.0 Å². The summed E-state index contributed by atoms with van der Waals surface area (Å²) in [6, 6.07) is 2.71. The Kier molecular flexibility index (Phi) is 4.62. The highest BCUT2D eigenvalue weighted by Gasteiger charge is 2.22. The number of carbonyl (C=O) groups is 1. The van der Waals surface area contributed by atoms with E-state index in [0.29, 0.717) is 18.0 Å². The van der Waals surface area contributed by atoms with Gasteiger partial charge in [-0.25, -0.2) is 8.42 Å². The summed E-state index contributed by atoms with van der Waals surface area (Å²) in [7, 11) is 1.42. The highest BCUT2D eigenvalue weighted by atomic mass is 35.7. The van der Waals surface area contributed by atoms with E-state index in [1.54, 1.807) is 6.92 Å². The van der Waals surface area contributed by atoms with E-state index in [0.717, 1.165) is 12.8 Å². The van der Waals surface area contributed by atoms with E-state index < -0.39 is 9.05 Å². The van der Waals surface area contributed by atoms with Gasteiger partial charge in [0.05, 0.1) is 4.90 Å². The highest BCUT2D eigenvalue weighted by molar-refractivity contribution is 8.13. The summed E-state index contributed by atoms with van der Waals surface area (Å²) in [5.74, 6) is 0.202.